The first kappa shape index (κ1) is 16.5. The minimum absolute atomic E-state index is 0.0208. The predicted octanol–water partition coefficient (Wildman–Crippen LogP) is 4.08. The Morgan fingerprint density at radius 2 is 1.90 bits per heavy atom. The van der Waals surface area contributed by atoms with Crippen molar-refractivity contribution >= 4 is 23.3 Å². The number of oxime groups is 1. The number of aryl methyl sites for hydroxylation is 1. The summed E-state index contributed by atoms with van der Waals surface area (Å²) < 4.78 is 0. The Balaban J connectivity index is 0.000000200. The zero-order chi connectivity index (χ0) is 15.0. The molecule has 4 nitrogen and oxygen atoms in total. The van der Waals surface area contributed by atoms with Gasteiger partial charge in [-0.25, -0.2) is 4.79 Å². The van der Waals surface area contributed by atoms with E-state index in [2.05, 4.69) is 5.16 Å². The molecule has 1 unspecified atom stereocenters. The third-order valence-electron chi connectivity index (χ3n) is 3.18. The lowest BCUT2D eigenvalue weighted by molar-refractivity contribution is 0.0697. The van der Waals surface area contributed by atoms with E-state index >= 15 is 0 Å². The number of benzene rings is 1. The highest BCUT2D eigenvalue weighted by atomic mass is 35.5. The van der Waals surface area contributed by atoms with Crippen molar-refractivity contribution in [3.05, 3.63) is 35.4 Å². The van der Waals surface area contributed by atoms with Crippen molar-refractivity contribution in [3.8, 4) is 0 Å². The molecular formula is C15H20ClNO3. The molecule has 110 valence electrons. The number of hydrogen-bond acceptors (Lipinski definition) is 3. The van der Waals surface area contributed by atoms with Crippen molar-refractivity contribution in [1.29, 1.82) is 0 Å². The Bertz CT molecular complexity index is 457. The Hall–Kier alpha value is -1.55. The highest BCUT2D eigenvalue weighted by molar-refractivity contribution is 6.32. The van der Waals surface area contributed by atoms with Crippen LogP contribution in [0.25, 0.3) is 0 Å². The van der Waals surface area contributed by atoms with E-state index in [9.17, 15) is 4.79 Å². The van der Waals surface area contributed by atoms with Gasteiger partial charge in [0.1, 0.15) is 0 Å². The maximum absolute atomic E-state index is 10.3. The fourth-order valence-electron chi connectivity index (χ4n) is 1.94. The van der Waals surface area contributed by atoms with Crippen molar-refractivity contribution in [2.45, 2.75) is 44.4 Å². The van der Waals surface area contributed by atoms with Crippen LogP contribution in [0, 0.1) is 6.92 Å². The van der Waals surface area contributed by atoms with Crippen molar-refractivity contribution in [3.63, 3.8) is 0 Å². The van der Waals surface area contributed by atoms with E-state index in [1.807, 2.05) is 6.92 Å². The molecule has 1 aliphatic rings. The van der Waals surface area contributed by atoms with E-state index in [0.717, 1.165) is 37.0 Å². The van der Waals surface area contributed by atoms with Crippen LogP contribution < -0.4 is 0 Å². The van der Waals surface area contributed by atoms with E-state index in [1.165, 1.54) is 6.42 Å². The molecule has 0 radical (unpaired) electrons. The number of carboxylic acid groups (broad SMARTS) is 1. The monoisotopic (exact) mass is 297 g/mol. The number of alkyl halides is 1. The molecule has 5 heteroatoms. The predicted molar refractivity (Wildman–Crippen MR) is 80.1 cm³/mol. The molecule has 2 N–H and O–H groups in total. The van der Waals surface area contributed by atoms with Gasteiger partial charge in [-0.15, -0.1) is 11.6 Å². The van der Waals surface area contributed by atoms with Crippen LogP contribution in [0.3, 0.4) is 0 Å². The maximum atomic E-state index is 10.3. The Morgan fingerprint density at radius 3 is 2.45 bits per heavy atom. The third kappa shape index (κ3) is 5.61. The van der Waals surface area contributed by atoms with Gasteiger partial charge in [0, 0.05) is 0 Å². The quantitative estimate of drug-likeness (QED) is 0.355. The van der Waals surface area contributed by atoms with Crippen molar-refractivity contribution < 1.29 is 15.1 Å². The molecule has 0 saturated heterocycles. The first-order valence-electron chi connectivity index (χ1n) is 6.69. The summed E-state index contributed by atoms with van der Waals surface area (Å²) in [7, 11) is 0. The van der Waals surface area contributed by atoms with Gasteiger partial charge in [0.05, 0.1) is 16.7 Å². The van der Waals surface area contributed by atoms with E-state index in [0.29, 0.717) is 5.56 Å². The number of carbonyl (C=O) groups is 1. The molecule has 1 aromatic rings. The van der Waals surface area contributed by atoms with Gasteiger partial charge < -0.3 is 10.3 Å². The normalized spacial score (nSPS) is 20.7. The number of halogens is 1. The van der Waals surface area contributed by atoms with Crippen LogP contribution in [0.4, 0.5) is 0 Å². The molecule has 1 saturated carbocycles. The zero-order valence-corrected chi connectivity index (χ0v) is 12.3. The van der Waals surface area contributed by atoms with Gasteiger partial charge in [0.2, 0.25) is 0 Å². The lowest BCUT2D eigenvalue weighted by Gasteiger charge is -2.04. The topological polar surface area (TPSA) is 69.9 Å². The average Bonchev–Trinajstić information content (AvgIpc) is 2.64. The molecule has 0 aliphatic heterocycles. The SMILES string of the molecule is Cc1ccc(C(=O)O)cc1.ON=C1CCCCCC1Cl. The van der Waals surface area contributed by atoms with Gasteiger partial charge in [0.15, 0.2) is 0 Å². The summed E-state index contributed by atoms with van der Waals surface area (Å²) in [6, 6.07) is 6.75. The first-order valence-corrected chi connectivity index (χ1v) is 7.13. The minimum atomic E-state index is -0.875. The van der Waals surface area contributed by atoms with E-state index in [1.54, 1.807) is 24.3 Å². The van der Waals surface area contributed by atoms with Crippen LogP contribution in [0.5, 0.6) is 0 Å². The Morgan fingerprint density at radius 1 is 1.25 bits per heavy atom. The Labute approximate surface area is 124 Å². The van der Waals surface area contributed by atoms with Crippen molar-refractivity contribution in [2.75, 3.05) is 0 Å². The second-order valence-corrected chi connectivity index (χ2v) is 5.36. The van der Waals surface area contributed by atoms with E-state index in [-0.39, 0.29) is 5.38 Å². The molecule has 1 fully saturated rings. The van der Waals surface area contributed by atoms with Crippen molar-refractivity contribution in [2.24, 2.45) is 5.16 Å². The van der Waals surface area contributed by atoms with Crippen LogP contribution in [0.15, 0.2) is 29.4 Å². The van der Waals surface area contributed by atoms with Gasteiger partial charge in [-0.3, -0.25) is 0 Å². The zero-order valence-electron chi connectivity index (χ0n) is 11.6. The number of aromatic carboxylic acids is 1. The summed E-state index contributed by atoms with van der Waals surface area (Å²) in [6.45, 7) is 1.92. The maximum Gasteiger partial charge on any atom is 0.335 e. The summed E-state index contributed by atoms with van der Waals surface area (Å²) in [5, 5.41) is 20.1. The second-order valence-electron chi connectivity index (χ2n) is 4.83. The minimum Gasteiger partial charge on any atom is -0.478 e. The van der Waals surface area contributed by atoms with E-state index < -0.39 is 5.97 Å². The molecule has 0 spiro atoms. The van der Waals surface area contributed by atoms with Crippen LogP contribution in [0.1, 0.15) is 48.0 Å². The lowest BCUT2D eigenvalue weighted by atomic mass is 10.2. The number of carboxylic acids is 1. The summed E-state index contributed by atoms with van der Waals surface area (Å²) in [6.07, 6.45) is 5.31. The second kappa shape index (κ2) is 8.59. The molecular weight excluding hydrogens is 278 g/mol. The first-order chi connectivity index (χ1) is 9.54. The smallest absolute Gasteiger partial charge is 0.335 e. The average molecular weight is 298 g/mol. The summed E-state index contributed by atoms with van der Waals surface area (Å²) in [4.78, 5) is 10.3. The fourth-order valence-corrected chi connectivity index (χ4v) is 2.25. The van der Waals surface area contributed by atoms with Crippen molar-refractivity contribution in [1.82, 2.24) is 0 Å². The van der Waals surface area contributed by atoms with Gasteiger partial charge in [-0.05, 0) is 38.3 Å². The van der Waals surface area contributed by atoms with Gasteiger partial charge in [-0.1, -0.05) is 35.7 Å². The molecule has 1 aromatic carbocycles. The third-order valence-corrected chi connectivity index (χ3v) is 3.65. The molecule has 20 heavy (non-hydrogen) atoms. The molecule has 0 amide bonds. The highest BCUT2D eigenvalue weighted by Gasteiger charge is 2.16. The van der Waals surface area contributed by atoms with E-state index in [4.69, 9.17) is 21.9 Å². The molecule has 0 aromatic heterocycles. The number of nitrogens with zero attached hydrogens (tertiary/aromatic N) is 1. The highest BCUT2D eigenvalue weighted by Crippen LogP contribution is 2.19. The molecule has 1 atom stereocenters. The largest absolute Gasteiger partial charge is 0.478 e. The number of hydrogen-bond donors (Lipinski definition) is 2. The van der Waals surface area contributed by atoms with Crippen LogP contribution in [-0.4, -0.2) is 27.4 Å². The van der Waals surface area contributed by atoms with Gasteiger partial charge in [0.25, 0.3) is 0 Å². The summed E-state index contributed by atoms with van der Waals surface area (Å²) >= 11 is 5.90. The summed E-state index contributed by atoms with van der Waals surface area (Å²) in [5.74, 6) is -0.875. The van der Waals surface area contributed by atoms with Gasteiger partial charge >= 0.3 is 5.97 Å². The Kier molecular flexibility index (Phi) is 7.09. The van der Waals surface area contributed by atoms with Gasteiger partial charge in [-0.2, -0.15) is 0 Å². The molecule has 0 bridgehead atoms. The van der Waals surface area contributed by atoms with Crippen LogP contribution in [-0.2, 0) is 0 Å². The number of rotatable bonds is 1. The fraction of sp³-hybridized carbons (Fsp3) is 0.467. The summed E-state index contributed by atoms with van der Waals surface area (Å²) in [5.41, 5.74) is 2.18. The molecule has 1 aliphatic carbocycles. The van der Waals surface area contributed by atoms with Crippen LogP contribution in [0.2, 0.25) is 0 Å². The standard InChI is InChI=1S/C8H8O2.C7H12ClNO/c1-6-2-4-7(5-3-6)8(9)10;8-6-4-2-1-3-5-7(6)9-10/h2-5H,1H3,(H,9,10);6,10H,1-5H2. The molecule has 0 heterocycles. The molecule has 2 rings (SSSR count). The van der Waals surface area contributed by atoms with Crippen LogP contribution >= 0.6 is 11.6 Å². The lowest BCUT2D eigenvalue weighted by Crippen LogP contribution is -2.11.